The fourth-order valence-electron chi connectivity index (χ4n) is 2.01. The summed E-state index contributed by atoms with van der Waals surface area (Å²) in [6.07, 6.45) is 0. The molecule has 2 rings (SSSR count). The van der Waals surface area contributed by atoms with E-state index < -0.39 is 10.5 Å². The van der Waals surface area contributed by atoms with E-state index >= 15 is 0 Å². The molecule has 20 heavy (non-hydrogen) atoms. The monoisotopic (exact) mass is 389 g/mol. The number of piperazine rings is 1. The number of anilines is 1. The minimum Gasteiger partial charge on any atom is -0.348 e. The quantitative estimate of drug-likeness (QED) is 0.358. The van der Waals surface area contributed by atoms with Gasteiger partial charge in [-0.25, -0.2) is 0 Å². The Bertz CT molecular complexity index is 615. The summed E-state index contributed by atoms with van der Waals surface area (Å²) in [6, 6.07) is 4.53. The van der Waals surface area contributed by atoms with E-state index in [9.17, 15) is 19.7 Å². The van der Waals surface area contributed by atoms with Crippen molar-refractivity contribution < 1.29 is 14.5 Å². The van der Waals surface area contributed by atoms with Crippen LogP contribution < -0.4 is 10.2 Å². The van der Waals surface area contributed by atoms with Crippen LogP contribution in [0.5, 0.6) is 0 Å². The van der Waals surface area contributed by atoms with Gasteiger partial charge in [-0.3, -0.25) is 25.0 Å². The van der Waals surface area contributed by atoms with Gasteiger partial charge in [0, 0.05) is 11.8 Å². The fourth-order valence-corrected chi connectivity index (χ4v) is 2.70. The first-order valence-corrected chi connectivity index (χ1v) is 6.87. The van der Waals surface area contributed by atoms with Gasteiger partial charge in [-0.05, 0) is 48.6 Å². The second kappa shape index (κ2) is 5.00. The van der Waals surface area contributed by atoms with E-state index in [4.69, 9.17) is 0 Å². The molecule has 1 aliphatic rings. The molecule has 1 aromatic carbocycles. The van der Waals surface area contributed by atoms with Crippen LogP contribution in [0.15, 0.2) is 18.2 Å². The number of hydrogen-bond acceptors (Lipinski definition) is 5. The molecule has 7 nitrogen and oxygen atoms in total. The zero-order valence-electron chi connectivity index (χ0n) is 10.8. The van der Waals surface area contributed by atoms with E-state index in [0.29, 0.717) is 9.26 Å². The van der Waals surface area contributed by atoms with Crippen LogP contribution >= 0.6 is 22.6 Å². The number of nitro benzene ring substituents is 1. The van der Waals surface area contributed by atoms with E-state index in [1.165, 1.54) is 6.07 Å². The van der Waals surface area contributed by atoms with Crippen molar-refractivity contribution in [3.05, 3.63) is 31.9 Å². The minimum absolute atomic E-state index is 0.0000522. The maximum absolute atomic E-state index is 11.9. The molecule has 0 aromatic heterocycles. The lowest BCUT2D eigenvalue weighted by atomic mass is 9.97. The number of nitrogens with zero attached hydrogens (tertiary/aromatic N) is 2. The van der Waals surface area contributed by atoms with E-state index in [-0.39, 0.29) is 24.0 Å². The number of amides is 2. The van der Waals surface area contributed by atoms with Crippen LogP contribution in [-0.2, 0) is 9.59 Å². The SMILES string of the molecule is CC1(C)C(=O)NC(=O)CN1c1ccc([N+](=O)[O-])c(I)c1. The normalized spacial score (nSPS) is 17.9. The third kappa shape index (κ3) is 2.47. The fraction of sp³-hybridized carbons (Fsp3) is 0.333. The molecular formula is C12H12IN3O4. The van der Waals surface area contributed by atoms with Crippen molar-refractivity contribution in [3.8, 4) is 0 Å². The average Bonchev–Trinajstić information content (AvgIpc) is 2.33. The molecule has 0 radical (unpaired) electrons. The Labute approximate surface area is 128 Å². The Balaban J connectivity index is 2.44. The second-order valence-electron chi connectivity index (χ2n) is 4.92. The summed E-state index contributed by atoms with van der Waals surface area (Å²) in [5.74, 6) is -0.773. The zero-order chi connectivity index (χ0) is 15.1. The molecule has 0 atom stereocenters. The highest BCUT2D eigenvalue weighted by Gasteiger charge is 2.41. The maximum atomic E-state index is 11.9. The summed E-state index contributed by atoms with van der Waals surface area (Å²) in [6.45, 7) is 3.43. The van der Waals surface area contributed by atoms with Crippen LogP contribution in [0.1, 0.15) is 13.8 Å². The minimum atomic E-state index is -0.896. The summed E-state index contributed by atoms with van der Waals surface area (Å²) in [5.41, 5.74) is -0.291. The van der Waals surface area contributed by atoms with Crippen molar-refractivity contribution in [2.24, 2.45) is 0 Å². The molecule has 1 heterocycles. The van der Waals surface area contributed by atoms with Crippen molar-refractivity contribution in [2.45, 2.75) is 19.4 Å². The van der Waals surface area contributed by atoms with Crippen molar-refractivity contribution in [3.63, 3.8) is 0 Å². The molecule has 1 aromatic rings. The van der Waals surface area contributed by atoms with Gasteiger partial charge in [0.15, 0.2) is 0 Å². The van der Waals surface area contributed by atoms with Crippen LogP contribution in [0.25, 0.3) is 0 Å². The predicted octanol–water partition coefficient (Wildman–Crippen LogP) is 1.44. The van der Waals surface area contributed by atoms with Crippen LogP contribution in [0.4, 0.5) is 11.4 Å². The van der Waals surface area contributed by atoms with Gasteiger partial charge in [-0.1, -0.05) is 0 Å². The van der Waals surface area contributed by atoms with Gasteiger partial charge in [0.1, 0.15) is 5.54 Å². The molecule has 0 saturated carbocycles. The maximum Gasteiger partial charge on any atom is 0.282 e. The van der Waals surface area contributed by atoms with E-state index in [1.807, 2.05) is 22.6 Å². The van der Waals surface area contributed by atoms with Gasteiger partial charge in [0.05, 0.1) is 15.0 Å². The van der Waals surface area contributed by atoms with Crippen LogP contribution in [0, 0.1) is 13.7 Å². The first-order chi connectivity index (χ1) is 9.23. The number of imide groups is 1. The number of carbonyl (C=O) groups excluding carboxylic acids is 2. The topological polar surface area (TPSA) is 92.6 Å². The molecule has 1 aliphatic heterocycles. The number of nitrogens with one attached hydrogen (secondary N) is 1. The van der Waals surface area contributed by atoms with Gasteiger partial charge in [-0.2, -0.15) is 0 Å². The van der Waals surface area contributed by atoms with E-state index in [1.54, 1.807) is 30.9 Å². The Morgan fingerprint density at radius 1 is 1.40 bits per heavy atom. The van der Waals surface area contributed by atoms with Crippen molar-refractivity contribution in [1.29, 1.82) is 0 Å². The Hall–Kier alpha value is -1.71. The summed E-state index contributed by atoms with van der Waals surface area (Å²) in [5, 5.41) is 13.1. The van der Waals surface area contributed by atoms with Crippen LogP contribution in [0.3, 0.4) is 0 Å². The van der Waals surface area contributed by atoms with Crippen molar-refractivity contribution in [2.75, 3.05) is 11.4 Å². The van der Waals surface area contributed by atoms with Gasteiger partial charge >= 0.3 is 0 Å². The average molecular weight is 389 g/mol. The molecule has 0 unspecified atom stereocenters. The first kappa shape index (κ1) is 14.7. The number of rotatable bonds is 2. The van der Waals surface area contributed by atoms with Crippen LogP contribution in [-0.4, -0.2) is 28.8 Å². The zero-order valence-corrected chi connectivity index (χ0v) is 13.0. The molecule has 0 aliphatic carbocycles. The molecule has 106 valence electrons. The van der Waals surface area contributed by atoms with E-state index in [0.717, 1.165) is 0 Å². The smallest absolute Gasteiger partial charge is 0.282 e. The molecule has 0 spiro atoms. The molecule has 0 bridgehead atoms. The Morgan fingerprint density at radius 3 is 2.60 bits per heavy atom. The largest absolute Gasteiger partial charge is 0.348 e. The molecule has 1 N–H and O–H groups in total. The summed E-state index contributed by atoms with van der Waals surface area (Å²) in [7, 11) is 0. The van der Waals surface area contributed by atoms with Gasteiger partial charge < -0.3 is 4.90 Å². The second-order valence-corrected chi connectivity index (χ2v) is 6.08. The van der Waals surface area contributed by atoms with Crippen LogP contribution in [0.2, 0.25) is 0 Å². The van der Waals surface area contributed by atoms with Crippen molar-refractivity contribution >= 4 is 45.8 Å². The highest BCUT2D eigenvalue weighted by atomic mass is 127. The summed E-state index contributed by atoms with van der Waals surface area (Å²) >= 11 is 1.87. The Kier molecular flexibility index (Phi) is 3.67. The lowest BCUT2D eigenvalue weighted by Gasteiger charge is -2.41. The summed E-state index contributed by atoms with van der Waals surface area (Å²) < 4.78 is 0.458. The number of benzene rings is 1. The summed E-state index contributed by atoms with van der Waals surface area (Å²) in [4.78, 5) is 35.4. The highest BCUT2D eigenvalue weighted by molar-refractivity contribution is 14.1. The molecular weight excluding hydrogens is 377 g/mol. The number of nitro groups is 1. The lowest BCUT2D eigenvalue weighted by Crippen LogP contribution is -2.64. The number of carbonyl (C=O) groups is 2. The third-order valence-electron chi connectivity index (χ3n) is 3.22. The van der Waals surface area contributed by atoms with Gasteiger partial charge in [-0.15, -0.1) is 0 Å². The number of halogens is 1. The van der Waals surface area contributed by atoms with Gasteiger partial charge in [0.2, 0.25) is 5.91 Å². The van der Waals surface area contributed by atoms with E-state index in [2.05, 4.69) is 5.32 Å². The Morgan fingerprint density at radius 2 is 2.05 bits per heavy atom. The standard InChI is InChI=1S/C12H12IN3O4/c1-12(2)11(18)14-10(17)6-15(12)7-3-4-9(16(19)20)8(13)5-7/h3-5H,6H2,1-2H3,(H,14,17,18). The third-order valence-corrected chi connectivity index (χ3v) is 4.09. The van der Waals surface area contributed by atoms with Gasteiger partial charge in [0.25, 0.3) is 11.6 Å². The first-order valence-electron chi connectivity index (χ1n) is 5.79. The molecule has 1 saturated heterocycles. The highest BCUT2D eigenvalue weighted by Crippen LogP contribution is 2.31. The predicted molar refractivity (Wildman–Crippen MR) is 80.4 cm³/mol. The molecule has 1 fully saturated rings. The lowest BCUT2D eigenvalue weighted by molar-refractivity contribution is -0.385. The molecule has 2 amide bonds. The molecule has 8 heteroatoms. The number of hydrogen-bond donors (Lipinski definition) is 1. The van der Waals surface area contributed by atoms with Crippen molar-refractivity contribution in [1.82, 2.24) is 5.32 Å².